The summed E-state index contributed by atoms with van der Waals surface area (Å²) in [4.78, 5) is 21.3. The molecule has 0 bridgehead atoms. The maximum atomic E-state index is 10.2. The highest BCUT2D eigenvalue weighted by atomic mass is 32.2. The fraction of sp³-hybridized carbons (Fsp3) is 0.455. The number of aromatic amines is 1. The molecule has 1 aromatic heterocycles. The number of nitrogens with one attached hydrogen (secondary N) is 3. The monoisotopic (exact) mass is 280 g/mol. The van der Waals surface area contributed by atoms with Gasteiger partial charge in [-0.25, -0.2) is 9.98 Å². The van der Waals surface area contributed by atoms with E-state index < -0.39 is 0 Å². The van der Waals surface area contributed by atoms with Crippen molar-refractivity contribution in [3.8, 4) is 6.19 Å². The molecule has 8 heteroatoms. The summed E-state index contributed by atoms with van der Waals surface area (Å²) >= 11 is 1.73. The number of carbonyl (C=O) groups is 1. The maximum Gasteiger partial charge on any atom is 0.205 e. The Hall–Kier alpha value is -2.01. The molecular weight excluding hydrogens is 264 g/mol. The number of aryl methyl sites for hydroxylation is 1. The fourth-order valence-corrected chi connectivity index (χ4v) is 2.14. The molecule has 0 aliphatic carbocycles. The van der Waals surface area contributed by atoms with Crippen LogP contribution < -0.4 is 10.6 Å². The molecule has 19 heavy (non-hydrogen) atoms. The lowest BCUT2D eigenvalue weighted by molar-refractivity contribution is -0.106. The minimum Gasteiger partial charge on any atom is -0.355 e. The Morgan fingerprint density at radius 1 is 1.74 bits per heavy atom. The van der Waals surface area contributed by atoms with Gasteiger partial charge in [-0.1, -0.05) is 0 Å². The van der Waals surface area contributed by atoms with Gasteiger partial charge in [0.15, 0.2) is 6.19 Å². The lowest BCUT2D eigenvalue weighted by atomic mass is 10.4. The molecule has 0 unspecified atom stereocenters. The molecule has 0 aliphatic heterocycles. The van der Waals surface area contributed by atoms with Crippen LogP contribution in [-0.2, 0) is 10.5 Å². The highest BCUT2D eigenvalue weighted by Gasteiger charge is 2.01. The molecule has 1 aromatic rings. The summed E-state index contributed by atoms with van der Waals surface area (Å²) in [6, 6.07) is 0. The minimum atomic E-state index is 0.0383. The van der Waals surface area contributed by atoms with E-state index >= 15 is 0 Å². The third-order valence-electron chi connectivity index (χ3n) is 2.21. The van der Waals surface area contributed by atoms with Gasteiger partial charge in [0.05, 0.1) is 18.6 Å². The van der Waals surface area contributed by atoms with Gasteiger partial charge in [0.1, 0.15) is 6.29 Å². The lowest BCUT2D eigenvalue weighted by Crippen LogP contribution is -2.36. The molecule has 0 spiro atoms. The zero-order chi connectivity index (χ0) is 13.9. The van der Waals surface area contributed by atoms with Crippen molar-refractivity contribution in [2.24, 2.45) is 4.99 Å². The third-order valence-corrected chi connectivity index (χ3v) is 3.18. The summed E-state index contributed by atoms with van der Waals surface area (Å²) in [7, 11) is 0. The highest BCUT2D eigenvalue weighted by molar-refractivity contribution is 7.98. The second-order valence-corrected chi connectivity index (χ2v) is 4.65. The van der Waals surface area contributed by atoms with Crippen LogP contribution in [0.1, 0.15) is 11.4 Å². The molecule has 3 N–H and O–H groups in total. The standard InChI is InChI=1S/C11H16N6OS/c1-9-10(17-8-16-9)6-19-5-3-14-11(15-7-12)13-2-4-18/h4,8H,2-3,5-6H2,1H3,(H,16,17)(H2,13,14,15). The number of aromatic nitrogens is 2. The van der Waals surface area contributed by atoms with E-state index in [-0.39, 0.29) is 6.54 Å². The molecule has 1 heterocycles. The summed E-state index contributed by atoms with van der Waals surface area (Å²) in [6.07, 6.45) is 4.13. The first-order valence-corrected chi connectivity index (χ1v) is 6.87. The number of hydrogen-bond donors (Lipinski definition) is 3. The number of hydrogen-bond acceptors (Lipinski definition) is 5. The molecule has 0 radical (unpaired) electrons. The number of thioether (sulfide) groups is 1. The lowest BCUT2D eigenvalue weighted by Gasteiger charge is -2.06. The third kappa shape index (κ3) is 5.92. The summed E-state index contributed by atoms with van der Waals surface area (Å²) in [5, 5.41) is 13.9. The summed E-state index contributed by atoms with van der Waals surface area (Å²) in [6.45, 7) is 2.68. The average molecular weight is 280 g/mol. The predicted molar refractivity (Wildman–Crippen MR) is 74.6 cm³/mol. The second kappa shape index (κ2) is 8.99. The van der Waals surface area contributed by atoms with Gasteiger partial charge in [0.2, 0.25) is 5.96 Å². The van der Waals surface area contributed by atoms with Crippen LogP contribution in [0.3, 0.4) is 0 Å². The van der Waals surface area contributed by atoms with Gasteiger partial charge in [0.25, 0.3) is 0 Å². The largest absolute Gasteiger partial charge is 0.355 e. The molecule has 0 amide bonds. The second-order valence-electron chi connectivity index (χ2n) is 3.55. The van der Waals surface area contributed by atoms with Crippen molar-refractivity contribution in [2.75, 3.05) is 18.8 Å². The molecule has 0 saturated carbocycles. The van der Waals surface area contributed by atoms with Gasteiger partial charge in [-0.2, -0.15) is 17.0 Å². The number of aliphatic imine (C=N–C) groups is 1. The van der Waals surface area contributed by atoms with Gasteiger partial charge in [-0.3, -0.25) is 5.32 Å². The van der Waals surface area contributed by atoms with Gasteiger partial charge >= 0.3 is 0 Å². The van der Waals surface area contributed by atoms with Crippen LogP contribution in [0.15, 0.2) is 11.3 Å². The number of nitriles is 1. The van der Waals surface area contributed by atoms with Gasteiger partial charge < -0.3 is 15.1 Å². The normalized spacial score (nSPS) is 10.8. The van der Waals surface area contributed by atoms with Crippen molar-refractivity contribution in [3.63, 3.8) is 0 Å². The Kier molecular flexibility index (Phi) is 7.12. The van der Waals surface area contributed by atoms with E-state index in [1.165, 1.54) is 0 Å². The quantitative estimate of drug-likeness (QED) is 0.164. The van der Waals surface area contributed by atoms with Crippen LogP contribution >= 0.6 is 11.8 Å². The summed E-state index contributed by atoms with van der Waals surface area (Å²) in [5.74, 6) is 2.01. The van der Waals surface area contributed by atoms with Crippen LogP contribution in [0.25, 0.3) is 0 Å². The Labute approximate surface area is 115 Å². The SMILES string of the molecule is Cc1[nH]cnc1CSCCNC(=NCC=O)NC#N. The van der Waals surface area contributed by atoms with Crippen molar-refractivity contribution in [1.82, 2.24) is 20.6 Å². The van der Waals surface area contributed by atoms with E-state index in [9.17, 15) is 4.79 Å². The number of aldehydes is 1. The van der Waals surface area contributed by atoms with Crippen molar-refractivity contribution in [1.29, 1.82) is 5.26 Å². The van der Waals surface area contributed by atoms with Crippen molar-refractivity contribution < 1.29 is 4.79 Å². The van der Waals surface area contributed by atoms with Crippen molar-refractivity contribution in [2.45, 2.75) is 12.7 Å². The number of guanidine groups is 1. The molecule has 7 nitrogen and oxygen atoms in total. The van der Waals surface area contributed by atoms with Crippen LogP contribution in [-0.4, -0.2) is 41.1 Å². The highest BCUT2D eigenvalue weighted by Crippen LogP contribution is 2.11. The molecule has 0 fully saturated rings. The van der Waals surface area contributed by atoms with Crippen LogP contribution in [0.5, 0.6) is 0 Å². The molecule has 0 atom stereocenters. The molecular formula is C11H16N6OS. The van der Waals surface area contributed by atoms with Gasteiger partial charge in [0, 0.05) is 23.7 Å². The molecule has 0 aromatic carbocycles. The van der Waals surface area contributed by atoms with Gasteiger partial charge in [-0.15, -0.1) is 0 Å². The topological polar surface area (TPSA) is 106 Å². The van der Waals surface area contributed by atoms with E-state index in [0.29, 0.717) is 18.8 Å². The zero-order valence-corrected chi connectivity index (χ0v) is 11.5. The minimum absolute atomic E-state index is 0.0383. The van der Waals surface area contributed by atoms with Crippen molar-refractivity contribution >= 4 is 24.0 Å². The smallest absolute Gasteiger partial charge is 0.205 e. The molecule has 102 valence electrons. The van der Waals surface area contributed by atoms with E-state index in [0.717, 1.165) is 22.9 Å². The molecule has 1 rings (SSSR count). The first-order valence-electron chi connectivity index (χ1n) is 5.71. The number of nitrogens with zero attached hydrogens (tertiary/aromatic N) is 3. The Morgan fingerprint density at radius 2 is 2.58 bits per heavy atom. The number of rotatable bonds is 7. The van der Waals surface area contributed by atoms with Crippen LogP contribution in [0.4, 0.5) is 0 Å². The van der Waals surface area contributed by atoms with Crippen molar-refractivity contribution in [3.05, 3.63) is 17.7 Å². The Morgan fingerprint density at radius 3 is 3.21 bits per heavy atom. The van der Waals surface area contributed by atoms with E-state index in [4.69, 9.17) is 5.26 Å². The van der Waals surface area contributed by atoms with Crippen LogP contribution in [0.2, 0.25) is 0 Å². The number of H-pyrrole nitrogens is 1. The van der Waals surface area contributed by atoms with Crippen LogP contribution in [0, 0.1) is 18.4 Å². The summed E-state index contributed by atoms with van der Waals surface area (Å²) < 4.78 is 0. The van der Waals surface area contributed by atoms with E-state index in [1.807, 2.05) is 6.92 Å². The Bertz CT molecular complexity index is 464. The summed E-state index contributed by atoms with van der Waals surface area (Å²) in [5.41, 5.74) is 2.13. The Balaban J connectivity index is 2.20. The van der Waals surface area contributed by atoms with E-state index in [2.05, 4.69) is 25.6 Å². The molecule has 0 aliphatic rings. The fourth-order valence-electron chi connectivity index (χ4n) is 1.26. The van der Waals surface area contributed by atoms with Gasteiger partial charge in [-0.05, 0) is 6.92 Å². The first-order chi connectivity index (χ1) is 9.27. The molecule has 0 saturated heterocycles. The average Bonchev–Trinajstić information content (AvgIpc) is 2.81. The zero-order valence-electron chi connectivity index (χ0n) is 10.6. The number of carbonyl (C=O) groups excluding carboxylic acids is 1. The maximum absolute atomic E-state index is 10.2. The first kappa shape index (κ1) is 15.0. The predicted octanol–water partition coefficient (Wildman–Crippen LogP) is 0.166. The number of imidazole rings is 1. The van der Waals surface area contributed by atoms with E-state index in [1.54, 1.807) is 24.3 Å².